The van der Waals surface area contributed by atoms with Crippen molar-refractivity contribution in [3.8, 4) is 5.75 Å². The van der Waals surface area contributed by atoms with Crippen molar-refractivity contribution in [1.82, 2.24) is 10.2 Å². The minimum absolute atomic E-state index is 0.0975. The number of hydrogen-bond acceptors (Lipinski definition) is 4. The Hall–Kier alpha value is -1.59. The number of amides is 1. The molecule has 2 rings (SSSR count). The molecule has 5 nitrogen and oxygen atoms in total. The van der Waals surface area contributed by atoms with Crippen molar-refractivity contribution in [2.24, 2.45) is 0 Å². The standard InChI is InChI=1S/C15H22N2O3/c1-3-7-20-12-6-4-5-11(8-12)15(19)17(2)13-9-16-10-14(13)18/h4-6,8,13-14,16,18H,3,7,9-10H2,1-2H3/t13-,14-/m0/s1. The molecule has 0 spiro atoms. The highest BCUT2D eigenvalue weighted by atomic mass is 16.5. The number of carbonyl (C=O) groups excluding carboxylic acids is 1. The molecule has 0 aromatic heterocycles. The van der Waals surface area contributed by atoms with Gasteiger partial charge in [0.05, 0.1) is 18.8 Å². The number of ether oxygens (including phenoxy) is 1. The SMILES string of the molecule is CCCOc1cccc(C(=O)N(C)[C@H]2CNC[C@@H]2O)c1. The Bertz CT molecular complexity index is 464. The van der Waals surface area contributed by atoms with Gasteiger partial charge in [0.15, 0.2) is 0 Å². The number of nitrogens with one attached hydrogen (secondary N) is 1. The molecule has 0 saturated carbocycles. The number of hydrogen-bond donors (Lipinski definition) is 2. The molecule has 1 heterocycles. The lowest BCUT2D eigenvalue weighted by Crippen LogP contribution is -2.44. The molecule has 1 aliphatic heterocycles. The van der Waals surface area contributed by atoms with Crippen LogP contribution in [0, 0.1) is 0 Å². The molecule has 1 saturated heterocycles. The van der Waals surface area contributed by atoms with Crippen molar-refractivity contribution < 1.29 is 14.6 Å². The summed E-state index contributed by atoms with van der Waals surface area (Å²) in [7, 11) is 1.72. The van der Waals surface area contributed by atoms with E-state index in [-0.39, 0.29) is 11.9 Å². The Kier molecular flexibility index (Phi) is 4.98. The average molecular weight is 278 g/mol. The van der Waals surface area contributed by atoms with Crippen molar-refractivity contribution >= 4 is 5.91 Å². The van der Waals surface area contributed by atoms with Gasteiger partial charge in [-0.05, 0) is 24.6 Å². The van der Waals surface area contributed by atoms with E-state index in [2.05, 4.69) is 5.32 Å². The first kappa shape index (κ1) is 14.8. The van der Waals surface area contributed by atoms with Crippen LogP contribution in [0.3, 0.4) is 0 Å². The van der Waals surface area contributed by atoms with Crippen LogP contribution in [-0.2, 0) is 0 Å². The van der Waals surface area contributed by atoms with Crippen molar-refractivity contribution in [2.75, 3.05) is 26.7 Å². The van der Waals surface area contributed by atoms with Crippen LogP contribution in [0.1, 0.15) is 23.7 Å². The number of carbonyl (C=O) groups is 1. The summed E-state index contributed by atoms with van der Waals surface area (Å²) in [5, 5.41) is 12.9. The molecular weight excluding hydrogens is 256 g/mol. The van der Waals surface area contributed by atoms with Gasteiger partial charge < -0.3 is 20.1 Å². The Balaban J connectivity index is 2.08. The van der Waals surface area contributed by atoms with Crippen LogP contribution in [0.4, 0.5) is 0 Å². The summed E-state index contributed by atoms with van der Waals surface area (Å²) in [6.07, 6.45) is 0.418. The van der Waals surface area contributed by atoms with Crippen molar-refractivity contribution in [3.63, 3.8) is 0 Å². The summed E-state index contributed by atoms with van der Waals surface area (Å²) in [5.74, 6) is 0.607. The second-order valence-electron chi connectivity index (χ2n) is 5.09. The molecule has 0 bridgehead atoms. The van der Waals surface area contributed by atoms with Gasteiger partial charge >= 0.3 is 0 Å². The molecule has 0 unspecified atom stereocenters. The molecule has 1 amide bonds. The van der Waals surface area contributed by atoms with E-state index >= 15 is 0 Å². The predicted molar refractivity (Wildman–Crippen MR) is 77.0 cm³/mol. The van der Waals surface area contributed by atoms with Gasteiger partial charge in [0.2, 0.25) is 0 Å². The third-order valence-corrected chi connectivity index (χ3v) is 3.52. The van der Waals surface area contributed by atoms with Crippen LogP contribution < -0.4 is 10.1 Å². The number of β-amino-alcohol motifs (C(OH)–C–C–N with tert-alkyl or cyclic N) is 1. The van der Waals surface area contributed by atoms with Gasteiger partial charge in [-0.25, -0.2) is 0 Å². The summed E-state index contributed by atoms with van der Waals surface area (Å²) in [5.41, 5.74) is 0.584. The van der Waals surface area contributed by atoms with Crippen LogP contribution in [0.5, 0.6) is 5.75 Å². The van der Waals surface area contributed by atoms with Crippen molar-refractivity contribution in [2.45, 2.75) is 25.5 Å². The second-order valence-corrected chi connectivity index (χ2v) is 5.09. The normalized spacial score (nSPS) is 21.8. The first-order valence-corrected chi connectivity index (χ1v) is 7.02. The van der Waals surface area contributed by atoms with Gasteiger partial charge in [-0.15, -0.1) is 0 Å². The maximum atomic E-state index is 12.4. The molecule has 1 fully saturated rings. The average Bonchev–Trinajstić information content (AvgIpc) is 2.90. The van der Waals surface area contributed by atoms with E-state index in [9.17, 15) is 9.90 Å². The number of rotatable bonds is 5. The molecule has 0 aliphatic carbocycles. The lowest BCUT2D eigenvalue weighted by Gasteiger charge is -2.26. The van der Waals surface area contributed by atoms with Crippen LogP contribution in [-0.4, -0.2) is 54.8 Å². The van der Waals surface area contributed by atoms with Crippen LogP contribution in [0.25, 0.3) is 0 Å². The number of benzene rings is 1. The monoisotopic (exact) mass is 278 g/mol. The fourth-order valence-corrected chi connectivity index (χ4v) is 2.34. The Morgan fingerprint density at radius 1 is 1.50 bits per heavy atom. The van der Waals surface area contributed by atoms with Gasteiger partial charge in [-0.2, -0.15) is 0 Å². The second kappa shape index (κ2) is 6.72. The zero-order valence-electron chi connectivity index (χ0n) is 12.0. The molecule has 0 radical (unpaired) electrons. The summed E-state index contributed by atoms with van der Waals surface area (Å²) in [6.45, 7) is 3.83. The fraction of sp³-hybridized carbons (Fsp3) is 0.533. The van der Waals surface area contributed by atoms with E-state index in [4.69, 9.17) is 4.74 Å². The zero-order valence-corrected chi connectivity index (χ0v) is 12.0. The topological polar surface area (TPSA) is 61.8 Å². The highest BCUT2D eigenvalue weighted by molar-refractivity contribution is 5.94. The molecule has 20 heavy (non-hydrogen) atoms. The third kappa shape index (κ3) is 3.29. The molecule has 5 heteroatoms. The smallest absolute Gasteiger partial charge is 0.254 e. The van der Waals surface area contributed by atoms with Crippen LogP contribution in [0.2, 0.25) is 0 Å². The van der Waals surface area contributed by atoms with E-state index in [1.165, 1.54) is 0 Å². The predicted octanol–water partition coefficient (Wildman–Crippen LogP) is 0.880. The molecule has 110 valence electrons. The molecular formula is C15H22N2O3. The highest BCUT2D eigenvalue weighted by Gasteiger charge is 2.31. The Morgan fingerprint density at radius 3 is 2.95 bits per heavy atom. The molecule has 2 N–H and O–H groups in total. The van der Waals surface area contributed by atoms with Crippen LogP contribution in [0.15, 0.2) is 24.3 Å². The fourth-order valence-electron chi connectivity index (χ4n) is 2.34. The first-order valence-electron chi connectivity index (χ1n) is 7.02. The minimum atomic E-state index is -0.511. The van der Waals surface area contributed by atoms with E-state index in [0.717, 1.165) is 6.42 Å². The van der Waals surface area contributed by atoms with Crippen molar-refractivity contribution in [1.29, 1.82) is 0 Å². The molecule has 2 atom stereocenters. The molecule has 1 aliphatic rings. The highest BCUT2D eigenvalue weighted by Crippen LogP contribution is 2.17. The van der Waals surface area contributed by atoms with Gasteiger partial charge in [0.1, 0.15) is 5.75 Å². The van der Waals surface area contributed by atoms with Gasteiger partial charge in [-0.1, -0.05) is 13.0 Å². The lowest BCUT2D eigenvalue weighted by molar-refractivity contribution is 0.0581. The number of nitrogens with zero attached hydrogens (tertiary/aromatic N) is 1. The zero-order chi connectivity index (χ0) is 14.5. The summed E-state index contributed by atoms with van der Waals surface area (Å²) < 4.78 is 5.54. The summed E-state index contributed by atoms with van der Waals surface area (Å²) in [4.78, 5) is 14.0. The molecule has 1 aromatic rings. The third-order valence-electron chi connectivity index (χ3n) is 3.52. The van der Waals surface area contributed by atoms with Gasteiger partial charge in [-0.3, -0.25) is 4.79 Å². The van der Waals surface area contributed by atoms with Crippen molar-refractivity contribution in [3.05, 3.63) is 29.8 Å². The maximum Gasteiger partial charge on any atom is 0.254 e. The summed E-state index contributed by atoms with van der Waals surface area (Å²) >= 11 is 0. The van der Waals surface area contributed by atoms with Gasteiger partial charge in [0.25, 0.3) is 5.91 Å². The largest absolute Gasteiger partial charge is 0.494 e. The number of likely N-dealkylation sites (N-methyl/N-ethyl adjacent to an activating group) is 1. The first-order chi connectivity index (χ1) is 9.63. The maximum absolute atomic E-state index is 12.4. The lowest BCUT2D eigenvalue weighted by atomic mass is 10.1. The number of aliphatic hydroxyl groups excluding tert-OH is 1. The van der Waals surface area contributed by atoms with E-state index in [0.29, 0.717) is 31.0 Å². The van der Waals surface area contributed by atoms with E-state index in [1.807, 2.05) is 19.1 Å². The Morgan fingerprint density at radius 2 is 2.30 bits per heavy atom. The quantitative estimate of drug-likeness (QED) is 0.839. The van der Waals surface area contributed by atoms with E-state index < -0.39 is 6.10 Å². The Labute approximate surface area is 119 Å². The molecule has 1 aromatic carbocycles. The minimum Gasteiger partial charge on any atom is -0.494 e. The van der Waals surface area contributed by atoms with E-state index in [1.54, 1.807) is 24.1 Å². The van der Waals surface area contributed by atoms with Crippen LogP contribution >= 0.6 is 0 Å². The van der Waals surface area contributed by atoms with Gasteiger partial charge in [0, 0.05) is 25.7 Å². The summed E-state index contributed by atoms with van der Waals surface area (Å²) in [6, 6.07) is 7.01. The number of aliphatic hydroxyl groups is 1.